The molecule has 0 aliphatic rings. The van der Waals surface area contributed by atoms with Gasteiger partial charge < -0.3 is 10.2 Å². The normalized spacial score (nSPS) is 10.4. The summed E-state index contributed by atoms with van der Waals surface area (Å²) in [6.45, 7) is 5.28. The van der Waals surface area contributed by atoms with Gasteiger partial charge >= 0.3 is 0 Å². The summed E-state index contributed by atoms with van der Waals surface area (Å²) in [5, 5.41) is 2.85. The second-order valence-electron chi connectivity index (χ2n) is 3.76. The Morgan fingerprint density at radius 3 is 2.47 bits per heavy atom. The van der Waals surface area contributed by atoms with E-state index in [4.69, 9.17) is 0 Å². The summed E-state index contributed by atoms with van der Waals surface area (Å²) < 4.78 is 0. The van der Waals surface area contributed by atoms with Crippen LogP contribution in [0.5, 0.6) is 0 Å². The number of rotatable bonds is 4. The summed E-state index contributed by atoms with van der Waals surface area (Å²) in [5.41, 5.74) is 1.60. The maximum atomic E-state index is 11.6. The van der Waals surface area contributed by atoms with Crippen LogP contribution in [-0.2, 0) is 0 Å². The molecule has 0 atom stereocenters. The first-order valence-corrected chi connectivity index (χ1v) is 4.94. The first kappa shape index (κ1) is 11.7. The van der Waals surface area contributed by atoms with Gasteiger partial charge in [0.25, 0.3) is 5.91 Å². The summed E-state index contributed by atoms with van der Waals surface area (Å²) in [5.74, 6) is -0.0307. The Morgan fingerprint density at radius 2 is 1.93 bits per heavy atom. The van der Waals surface area contributed by atoms with E-state index >= 15 is 0 Å². The zero-order valence-corrected chi connectivity index (χ0v) is 9.29. The molecule has 1 aromatic carbocycles. The standard InChI is InChI=1S/C12H17N2O/c1-10-4-6-11(7-5-10)12(15)13-8-9-14(2)3/h4-7H,1,8-9H2,2-3H3,(H,13,15). The van der Waals surface area contributed by atoms with Crippen LogP contribution in [0, 0.1) is 6.92 Å². The molecule has 0 aliphatic carbocycles. The molecule has 0 bridgehead atoms. The lowest BCUT2D eigenvalue weighted by Gasteiger charge is -2.10. The zero-order chi connectivity index (χ0) is 11.3. The summed E-state index contributed by atoms with van der Waals surface area (Å²) in [4.78, 5) is 13.6. The number of carbonyl (C=O) groups is 1. The lowest BCUT2D eigenvalue weighted by atomic mass is 10.1. The van der Waals surface area contributed by atoms with E-state index in [1.807, 2.05) is 31.1 Å². The number of hydrogen-bond donors (Lipinski definition) is 1. The molecule has 0 aliphatic heterocycles. The molecule has 81 valence electrons. The molecule has 0 aromatic heterocycles. The van der Waals surface area contributed by atoms with E-state index in [2.05, 4.69) is 12.2 Å². The van der Waals surface area contributed by atoms with Gasteiger partial charge in [0, 0.05) is 18.7 Å². The van der Waals surface area contributed by atoms with Crippen molar-refractivity contribution in [3.8, 4) is 0 Å². The van der Waals surface area contributed by atoms with Crippen LogP contribution in [0.25, 0.3) is 0 Å². The van der Waals surface area contributed by atoms with E-state index < -0.39 is 0 Å². The van der Waals surface area contributed by atoms with Crippen LogP contribution in [-0.4, -0.2) is 38.0 Å². The van der Waals surface area contributed by atoms with Crippen molar-refractivity contribution in [1.29, 1.82) is 0 Å². The van der Waals surface area contributed by atoms with E-state index in [0.717, 1.165) is 12.1 Å². The molecular formula is C12H17N2O. The van der Waals surface area contributed by atoms with Crippen molar-refractivity contribution < 1.29 is 4.79 Å². The molecule has 0 unspecified atom stereocenters. The van der Waals surface area contributed by atoms with Gasteiger partial charge in [-0.05, 0) is 38.7 Å². The highest BCUT2D eigenvalue weighted by atomic mass is 16.1. The summed E-state index contributed by atoms with van der Waals surface area (Å²) in [6.07, 6.45) is 0. The minimum Gasteiger partial charge on any atom is -0.351 e. The third kappa shape index (κ3) is 4.13. The van der Waals surface area contributed by atoms with E-state index in [0.29, 0.717) is 12.1 Å². The minimum atomic E-state index is -0.0307. The molecular weight excluding hydrogens is 188 g/mol. The lowest BCUT2D eigenvalue weighted by molar-refractivity contribution is 0.0951. The highest BCUT2D eigenvalue weighted by Gasteiger charge is 2.03. The summed E-state index contributed by atoms with van der Waals surface area (Å²) >= 11 is 0. The molecule has 0 spiro atoms. The van der Waals surface area contributed by atoms with Crippen LogP contribution in [0.4, 0.5) is 0 Å². The van der Waals surface area contributed by atoms with Crippen molar-refractivity contribution in [2.24, 2.45) is 0 Å². The largest absolute Gasteiger partial charge is 0.351 e. The zero-order valence-electron chi connectivity index (χ0n) is 9.29. The van der Waals surface area contributed by atoms with Crippen molar-refractivity contribution in [3.05, 3.63) is 42.3 Å². The highest BCUT2D eigenvalue weighted by molar-refractivity contribution is 5.94. The molecule has 0 heterocycles. The third-order valence-electron chi connectivity index (χ3n) is 2.06. The Kier molecular flexibility index (Phi) is 4.31. The van der Waals surface area contributed by atoms with Crippen molar-refractivity contribution in [2.45, 2.75) is 0 Å². The molecule has 3 nitrogen and oxygen atoms in total. The molecule has 0 saturated heterocycles. The minimum absolute atomic E-state index is 0.0307. The number of benzene rings is 1. The van der Waals surface area contributed by atoms with Gasteiger partial charge in [-0.3, -0.25) is 4.79 Å². The van der Waals surface area contributed by atoms with Crippen molar-refractivity contribution in [1.82, 2.24) is 10.2 Å². The van der Waals surface area contributed by atoms with Crippen LogP contribution >= 0.6 is 0 Å². The number of hydrogen-bond acceptors (Lipinski definition) is 2. The van der Waals surface area contributed by atoms with Gasteiger partial charge in [-0.1, -0.05) is 12.1 Å². The number of carbonyl (C=O) groups excluding carboxylic acids is 1. The van der Waals surface area contributed by atoms with E-state index in [-0.39, 0.29) is 5.91 Å². The van der Waals surface area contributed by atoms with Gasteiger partial charge in [0.1, 0.15) is 0 Å². The maximum absolute atomic E-state index is 11.6. The number of likely N-dealkylation sites (N-methyl/N-ethyl adjacent to an activating group) is 1. The first-order valence-electron chi connectivity index (χ1n) is 4.94. The van der Waals surface area contributed by atoms with E-state index in [1.165, 1.54) is 0 Å². The predicted octanol–water partition coefficient (Wildman–Crippen LogP) is 1.16. The van der Waals surface area contributed by atoms with Crippen LogP contribution < -0.4 is 5.32 Å². The fourth-order valence-corrected chi connectivity index (χ4v) is 1.15. The second kappa shape index (κ2) is 5.51. The Morgan fingerprint density at radius 1 is 1.33 bits per heavy atom. The number of nitrogens with one attached hydrogen (secondary N) is 1. The van der Waals surface area contributed by atoms with Gasteiger partial charge in [0.2, 0.25) is 0 Å². The van der Waals surface area contributed by atoms with Crippen molar-refractivity contribution in [3.63, 3.8) is 0 Å². The maximum Gasteiger partial charge on any atom is 0.251 e. The molecule has 0 fully saturated rings. The summed E-state index contributed by atoms with van der Waals surface area (Å²) in [6, 6.07) is 7.24. The van der Waals surface area contributed by atoms with Gasteiger partial charge in [-0.2, -0.15) is 0 Å². The molecule has 15 heavy (non-hydrogen) atoms. The lowest BCUT2D eigenvalue weighted by Crippen LogP contribution is -2.31. The molecule has 0 saturated carbocycles. The van der Waals surface area contributed by atoms with Crippen LogP contribution in [0.15, 0.2) is 24.3 Å². The third-order valence-corrected chi connectivity index (χ3v) is 2.06. The van der Waals surface area contributed by atoms with Crippen molar-refractivity contribution in [2.75, 3.05) is 27.2 Å². The topological polar surface area (TPSA) is 32.3 Å². The second-order valence-corrected chi connectivity index (χ2v) is 3.76. The van der Waals surface area contributed by atoms with Gasteiger partial charge in [-0.15, -0.1) is 0 Å². The molecule has 1 amide bonds. The average molecular weight is 205 g/mol. The van der Waals surface area contributed by atoms with Crippen LogP contribution in [0.1, 0.15) is 15.9 Å². The Balaban J connectivity index is 2.43. The van der Waals surface area contributed by atoms with Crippen LogP contribution in [0.2, 0.25) is 0 Å². The molecule has 3 heteroatoms. The fourth-order valence-electron chi connectivity index (χ4n) is 1.15. The molecule has 1 aromatic rings. The Labute approximate surface area is 91.1 Å². The summed E-state index contributed by atoms with van der Waals surface area (Å²) in [7, 11) is 3.95. The predicted molar refractivity (Wildman–Crippen MR) is 61.8 cm³/mol. The van der Waals surface area contributed by atoms with Crippen molar-refractivity contribution >= 4 is 5.91 Å². The van der Waals surface area contributed by atoms with Gasteiger partial charge in [0.05, 0.1) is 0 Å². The quantitative estimate of drug-likeness (QED) is 0.800. The van der Waals surface area contributed by atoms with E-state index in [1.54, 1.807) is 12.1 Å². The van der Waals surface area contributed by atoms with E-state index in [9.17, 15) is 4.79 Å². The fraction of sp³-hybridized carbons (Fsp3) is 0.333. The van der Waals surface area contributed by atoms with Crippen LogP contribution in [0.3, 0.4) is 0 Å². The SMILES string of the molecule is [CH2]c1ccc(C(=O)NCCN(C)C)cc1. The molecule has 1 rings (SSSR count). The van der Waals surface area contributed by atoms with Gasteiger partial charge in [0.15, 0.2) is 0 Å². The Hall–Kier alpha value is -1.35. The first-order chi connectivity index (χ1) is 7.09. The molecule has 1 N–H and O–H groups in total. The number of nitrogens with zero attached hydrogens (tertiary/aromatic N) is 1. The van der Waals surface area contributed by atoms with Gasteiger partial charge in [-0.25, -0.2) is 0 Å². The smallest absolute Gasteiger partial charge is 0.251 e. The Bertz CT molecular complexity index is 317. The molecule has 1 radical (unpaired) electrons. The monoisotopic (exact) mass is 205 g/mol. The highest BCUT2D eigenvalue weighted by Crippen LogP contribution is 2.02. The average Bonchev–Trinajstić information content (AvgIpc) is 2.18. The number of amides is 1.